The summed E-state index contributed by atoms with van der Waals surface area (Å²) >= 11 is 0.898. The van der Waals surface area contributed by atoms with Crippen LogP contribution in [0.3, 0.4) is 0 Å². The van der Waals surface area contributed by atoms with Gasteiger partial charge in [-0.3, -0.25) is 10.1 Å². The molecule has 0 saturated carbocycles. The fourth-order valence-electron chi connectivity index (χ4n) is 1.69. The van der Waals surface area contributed by atoms with E-state index in [0.717, 1.165) is 11.3 Å². The number of aromatic carboxylic acids is 1. The van der Waals surface area contributed by atoms with Gasteiger partial charge in [-0.25, -0.2) is 9.78 Å². The minimum absolute atomic E-state index is 0.0412. The topological polar surface area (TPSA) is 106 Å². The summed E-state index contributed by atoms with van der Waals surface area (Å²) in [6.07, 6.45) is 0.471. The summed E-state index contributed by atoms with van der Waals surface area (Å²) in [6, 6.07) is 2.84. The van der Waals surface area contributed by atoms with E-state index >= 15 is 0 Å². The minimum Gasteiger partial charge on any atom is -0.475 e. The lowest BCUT2D eigenvalue weighted by molar-refractivity contribution is -0.380. The molecule has 2 rings (SSSR count). The van der Waals surface area contributed by atoms with Gasteiger partial charge in [-0.2, -0.15) is 0 Å². The molecule has 1 N–H and O–H groups in total. The lowest BCUT2D eigenvalue weighted by Gasteiger charge is -1.99. The molecule has 0 radical (unpaired) electrons. The number of aromatic nitrogens is 1. The molecule has 0 saturated heterocycles. The summed E-state index contributed by atoms with van der Waals surface area (Å²) in [7, 11) is 0. The fourth-order valence-corrected chi connectivity index (χ4v) is 2.44. The second-order valence-corrected chi connectivity index (χ2v) is 5.66. The van der Waals surface area contributed by atoms with Crippen LogP contribution in [0.25, 0.3) is 10.8 Å². The normalized spacial score (nSPS) is 10.9. The molecule has 2 aromatic rings. The SMILES string of the molecule is CC(C)Cc1nc(-c2ccc([N+](=O)[O-])s2)oc1C(=O)O. The highest BCUT2D eigenvalue weighted by molar-refractivity contribution is 7.18. The zero-order valence-corrected chi connectivity index (χ0v) is 11.6. The molecule has 0 aromatic carbocycles. The van der Waals surface area contributed by atoms with E-state index in [1.807, 2.05) is 13.8 Å². The van der Waals surface area contributed by atoms with Crippen molar-refractivity contribution in [2.24, 2.45) is 5.92 Å². The van der Waals surface area contributed by atoms with Crippen LogP contribution in [-0.2, 0) is 6.42 Å². The van der Waals surface area contributed by atoms with Crippen molar-refractivity contribution in [3.05, 3.63) is 33.7 Å². The Morgan fingerprint density at radius 2 is 2.25 bits per heavy atom. The Labute approximate surface area is 118 Å². The van der Waals surface area contributed by atoms with Crippen LogP contribution < -0.4 is 0 Å². The van der Waals surface area contributed by atoms with Gasteiger partial charge < -0.3 is 9.52 Å². The van der Waals surface area contributed by atoms with E-state index in [0.29, 0.717) is 17.0 Å². The van der Waals surface area contributed by atoms with E-state index in [1.165, 1.54) is 12.1 Å². The number of thiophene rings is 1. The largest absolute Gasteiger partial charge is 0.475 e. The number of nitrogens with zero attached hydrogens (tertiary/aromatic N) is 2. The van der Waals surface area contributed by atoms with E-state index in [2.05, 4.69) is 4.98 Å². The van der Waals surface area contributed by atoms with Gasteiger partial charge in [-0.1, -0.05) is 25.2 Å². The first-order chi connectivity index (χ1) is 9.38. The predicted molar refractivity (Wildman–Crippen MR) is 72.0 cm³/mol. The van der Waals surface area contributed by atoms with Gasteiger partial charge in [-0.15, -0.1) is 0 Å². The summed E-state index contributed by atoms with van der Waals surface area (Å²) in [5, 5.41) is 19.7. The molecule has 2 aromatic heterocycles. The van der Waals surface area contributed by atoms with Crippen LogP contribution in [-0.4, -0.2) is 21.0 Å². The quantitative estimate of drug-likeness (QED) is 0.670. The highest BCUT2D eigenvalue weighted by atomic mass is 32.1. The minimum atomic E-state index is -1.19. The smallest absolute Gasteiger partial charge is 0.373 e. The molecule has 7 nitrogen and oxygen atoms in total. The van der Waals surface area contributed by atoms with Crippen LogP contribution in [0.4, 0.5) is 5.00 Å². The number of carboxylic acids is 1. The van der Waals surface area contributed by atoms with E-state index in [1.54, 1.807) is 0 Å². The zero-order chi connectivity index (χ0) is 14.9. The number of nitro groups is 1. The van der Waals surface area contributed by atoms with Crippen molar-refractivity contribution < 1.29 is 19.2 Å². The highest BCUT2D eigenvalue weighted by Gasteiger charge is 2.23. The Morgan fingerprint density at radius 1 is 1.55 bits per heavy atom. The average Bonchev–Trinajstić information content (AvgIpc) is 2.93. The predicted octanol–water partition coefficient (Wildman–Crippen LogP) is 3.21. The Morgan fingerprint density at radius 3 is 2.75 bits per heavy atom. The number of hydrogen-bond donors (Lipinski definition) is 1. The maximum absolute atomic E-state index is 11.1. The first-order valence-electron chi connectivity index (χ1n) is 5.86. The number of carboxylic acid groups (broad SMARTS) is 1. The molecule has 20 heavy (non-hydrogen) atoms. The maximum Gasteiger partial charge on any atom is 0.373 e. The summed E-state index contributed by atoms with van der Waals surface area (Å²) < 4.78 is 5.23. The lowest BCUT2D eigenvalue weighted by Crippen LogP contribution is -2.03. The average molecular weight is 296 g/mol. The van der Waals surface area contributed by atoms with Crippen LogP contribution in [0.5, 0.6) is 0 Å². The molecular weight excluding hydrogens is 284 g/mol. The Kier molecular flexibility index (Phi) is 3.84. The van der Waals surface area contributed by atoms with Crippen molar-refractivity contribution in [2.75, 3.05) is 0 Å². The molecule has 106 valence electrons. The molecule has 0 amide bonds. The molecule has 0 bridgehead atoms. The second kappa shape index (κ2) is 5.41. The van der Waals surface area contributed by atoms with E-state index in [9.17, 15) is 14.9 Å². The molecule has 8 heteroatoms. The van der Waals surface area contributed by atoms with Gasteiger partial charge in [-0.05, 0) is 18.4 Å². The molecule has 0 aliphatic heterocycles. The second-order valence-electron chi connectivity index (χ2n) is 4.59. The van der Waals surface area contributed by atoms with Gasteiger partial charge in [0.2, 0.25) is 11.7 Å². The molecule has 0 spiro atoms. The monoisotopic (exact) mass is 296 g/mol. The molecule has 0 aliphatic rings. The molecule has 0 atom stereocenters. The van der Waals surface area contributed by atoms with Gasteiger partial charge in [0.1, 0.15) is 0 Å². The van der Waals surface area contributed by atoms with E-state index in [-0.39, 0.29) is 22.6 Å². The third-order valence-corrected chi connectivity index (χ3v) is 3.50. The van der Waals surface area contributed by atoms with Crippen molar-refractivity contribution in [2.45, 2.75) is 20.3 Å². The first kappa shape index (κ1) is 14.2. The summed E-state index contributed by atoms with van der Waals surface area (Å²) in [4.78, 5) is 25.8. The van der Waals surface area contributed by atoms with Crippen LogP contribution >= 0.6 is 11.3 Å². The number of oxazole rings is 1. The zero-order valence-electron chi connectivity index (χ0n) is 10.8. The number of hydrogen-bond acceptors (Lipinski definition) is 6. The van der Waals surface area contributed by atoms with Gasteiger partial charge in [0, 0.05) is 6.07 Å². The number of carbonyl (C=O) groups is 1. The summed E-state index contributed by atoms with van der Waals surface area (Å²) in [5.41, 5.74) is 0.360. The standard InChI is InChI=1S/C12H12N2O5S/c1-6(2)5-7-10(12(15)16)19-11(13-7)8-3-4-9(20-8)14(17)18/h3-4,6H,5H2,1-2H3,(H,15,16). The van der Waals surface area contributed by atoms with Gasteiger partial charge >= 0.3 is 11.0 Å². The van der Waals surface area contributed by atoms with Crippen molar-refractivity contribution in [3.8, 4) is 10.8 Å². The summed E-state index contributed by atoms with van der Waals surface area (Å²) in [6.45, 7) is 3.88. The molecule has 2 heterocycles. The van der Waals surface area contributed by atoms with Crippen LogP contribution in [0.2, 0.25) is 0 Å². The third-order valence-electron chi connectivity index (χ3n) is 2.48. The third kappa shape index (κ3) is 2.85. The molecule has 0 aliphatic carbocycles. The Balaban J connectivity index is 2.41. The molecular formula is C12H12N2O5S. The van der Waals surface area contributed by atoms with Gasteiger partial charge in [0.15, 0.2) is 0 Å². The highest BCUT2D eigenvalue weighted by Crippen LogP contribution is 2.33. The van der Waals surface area contributed by atoms with Crippen molar-refractivity contribution in [1.82, 2.24) is 4.98 Å². The van der Waals surface area contributed by atoms with Crippen LogP contribution in [0, 0.1) is 16.0 Å². The van der Waals surface area contributed by atoms with Crippen LogP contribution in [0.15, 0.2) is 16.5 Å². The fraction of sp³-hybridized carbons (Fsp3) is 0.333. The molecule has 0 fully saturated rings. The summed E-state index contributed by atoms with van der Waals surface area (Å²) in [5.74, 6) is -1.06. The van der Waals surface area contributed by atoms with Gasteiger partial charge in [0.05, 0.1) is 15.5 Å². The number of rotatable bonds is 5. The van der Waals surface area contributed by atoms with Crippen LogP contribution in [0.1, 0.15) is 30.1 Å². The lowest BCUT2D eigenvalue weighted by atomic mass is 10.1. The Bertz CT molecular complexity index is 659. The van der Waals surface area contributed by atoms with Gasteiger partial charge in [0.25, 0.3) is 0 Å². The van der Waals surface area contributed by atoms with E-state index < -0.39 is 10.9 Å². The van der Waals surface area contributed by atoms with Crippen molar-refractivity contribution in [1.29, 1.82) is 0 Å². The maximum atomic E-state index is 11.1. The van der Waals surface area contributed by atoms with E-state index in [4.69, 9.17) is 9.52 Å². The molecule has 0 unspecified atom stereocenters. The van der Waals surface area contributed by atoms with Crippen molar-refractivity contribution >= 4 is 22.3 Å². The van der Waals surface area contributed by atoms with Crippen molar-refractivity contribution in [3.63, 3.8) is 0 Å². The first-order valence-corrected chi connectivity index (χ1v) is 6.67. The Hall–Kier alpha value is -2.22.